The van der Waals surface area contributed by atoms with Crippen LogP contribution < -0.4 is 4.72 Å². The van der Waals surface area contributed by atoms with Gasteiger partial charge in [0, 0.05) is 23.8 Å². The third kappa shape index (κ3) is 4.11. The van der Waals surface area contributed by atoms with Crippen LogP contribution in [0.1, 0.15) is 10.5 Å². The highest BCUT2D eigenvalue weighted by Crippen LogP contribution is 2.30. The molecule has 140 valence electrons. The Balaban J connectivity index is 1.93. The minimum Gasteiger partial charge on any atom is -0.333 e. The molecule has 1 N–H and O–H groups in total. The highest BCUT2D eigenvalue weighted by atomic mass is 35.5. The normalized spacial score (nSPS) is 11.4. The topological polar surface area (TPSA) is 81.1 Å². The SMILES string of the molecule is Cn1cc(C(=O)NS(=O)(=O)c2ccccc2Cl)nc1-c1cc(Cl)ccc1Cl. The molecule has 0 radical (unpaired) electrons. The zero-order valence-corrected chi connectivity index (χ0v) is 16.9. The molecule has 0 aliphatic heterocycles. The van der Waals surface area contributed by atoms with Crippen LogP contribution in [0.2, 0.25) is 15.1 Å². The maximum Gasteiger partial charge on any atom is 0.285 e. The molecule has 3 aromatic rings. The maximum atomic E-state index is 12.4. The van der Waals surface area contributed by atoms with Crippen molar-refractivity contribution >= 4 is 50.7 Å². The van der Waals surface area contributed by atoms with E-state index in [0.717, 1.165) is 0 Å². The Morgan fingerprint density at radius 2 is 1.78 bits per heavy atom. The molecule has 0 aliphatic carbocycles. The summed E-state index contributed by atoms with van der Waals surface area (Å²) < 4.78 is 28.3. The number of nitrogens with zero attached hydrogens (tertiary/aromatic N) is 2. The largest absolute Gasteiger partial charge is 0.333 e. The molecule has 3 rings (SSSR count). The summed E-state index contributed by atoms with van der Waals surface area (Å²) in [7, 11) is -2.50. The number of halogens is 3. The number of sulfonamides is 1. The molecule has 6 nitrogen and oxygen atoms in total. The van der Waals surface area contributed by atoms with Crippen LogP contribution in [0.25, 0.3) is 11.4 Å². The van der Waals surface area contributed by atoms with Gasteiger partial charge in [-0.25, -0.2) is 18.1 Å². The van der Waals surface area contributed by atoms with E-state index in [9.17, 15) is 13.2 Å². The molecular formula is C17H12Cl3N3O3S. The molecule has 0 spiro atoms. The van der Waals surface area contributed by atoms with Gasteiger partial charge in [0.1, 0.15) is 16.4 Å². The van der Waals surface area contributed by atoms with E-state index in [0.29, 0.717) is 21.4 Å². The number of imidazole rings is 1. The highest BCUT2D eigenvalue weighted by Gasteiger charge is 2.23. The molecule has 0 bridgehead atoms. The standard InChI is InChI=1S/C17H12Cl3N3O3S/c1-23-9-14(21-16(23)11-8-10(18)6-7-12(11)19)17(24)22-27(25,26)15-5-3-2-4-13(15)20/h2-9H,1H3,(H,22,24). The summed E-state index contributed by atoms with van der Waals surface area (Å²) in [4.78, 5) is 16.4. The summed E-state index contributed by atoms with van der Waals surface area (Å²) in [6.45, 7) is 0. The van der Waals surface area contributed by atoms with Gasteiger partial charge in [0.05, 0.1) is 10.0 Å². The molecule has 1 heterocycles. The minimum absolute atomic E-state index is 0.00483. The molecular weight excluding hydrogens is 433 g/mol. The molecule has 2 aromatic carbocycles. The number of nitrogens with one attached hydrogen (secondary N) is 1. The first-order valence-corrected chi connectivity index (χ1v) is 10.1. The van der Waals surface area contributed by atoms with Crippen LogP contribution >= 0.6 is 34.8 Å². The van der Waals surface area contributed by atoms with Crippen molar-refractivity contribution in [2.75, 3.05) is 0 Å². The first-order valence-electron chi connectivity index (χ1n) is 7.49. The lowest BCUT2D eigenvalue weighted by Gasteiger charge is -2.06. The van der Waals surface area contributed by atoms with Crippen molar-refractivity contribution in [1.82, 2.24) is 14.3 Å². The minimum atomic E-state index is -4.15. The summed E-state index contributed by atoms with van der Waals surface area (Å²) >= 11 is 18.1. The molecule has 1 amide bonds. The molecule has 0 unspecified atom stereocenters. The summed E-state index contributed by atoms with van der Waals surface area (Å²) in [5, 5.41) is 0.846. The van der Waals surface area contributed by atoms with Crippen LogP contribution in [-0.2, 0) is 17.1 Å². The predicted octanol–water partition coefficient (Wildman–Crippen LogP) is 4.17. The molecule has 0 fully saturated rings. The number of rotatable bonds is 4. The highest BCUT2D eigenvalue weighted by molar-refractivity contribution is 7.90. The van der Waals surface area contributed by atoms with E-state index in [2.05, 4.69) is 4.98 Å². The number of aromatic nitrogens is 2. The van der Waals surface area contributed by atoms with Gasteiger partial charge in [-0.15, -0.1) is 0 Å². The Hall–Kier alpha value is -2.06. The van der Waals surface area contributed by atoms with Gasteiger partial charge in [-0.05, 0) is 30.3 Å². The second-order valence-corrected chi connectivity index (χ2v) is 8.45. The second kappa shape index (κ2) is 7.52. The van der Waals surface area contributed by atoms with Crippen molar-refractivity contribution in [3.05, 3.63) is 69.4 Å². The zero-order valence-electron chi connectivity index (χ0n) is 13.8. The summed E-state index contributed by atoms with van der Waals surface area (Å²) in [5.41, 5.74) is 0.416. The van der Waals surface area contributed by atoms with Gasteiger partial charge in [0.25, 0.3) is 15.9 Å². The first kappa shape index (κ1) is 19.7. The van der Waals surface area contributed by atoms with E-state index in [1.54, 1.807) is 35.9 Å². The Labute approximate surface area is 170 Å². The van der Waals surface area contributed by atoms with Crippen molar-refractivity contribution < 1.29 is 13.2 Å². The van der Waals surface area contributed by atoms with Crippen LogP contribution in [0.4, 0.5) is 0 Å². The Kier molecular flexibility index (Phi) is 5.48. The molecule has 0 saturated heterocycles. The summed E-state index contributed by atoms with van der Waals surface area (Å²) in [6.07, 6.45) is 1.39. The van der Waals surface area contributed by atoms with Crippen LogP contribution in [0.5, 0.6) is 0 Å². The van der Waals surface area contributed by atoms with Gasteiger partial charge in [-0.1, -0.05) is 46.9 Å². The number of benzene rings is 2. The maximum absolute atomic E-state index is 12.4. The Bertz CT molecular complexity index is 1140. The Morgan fingerprint density at radius 3 is 2.48 bits per heavy atom. The van der Waals surface area contributed by atoms with E-state index in [1.807, 2.05) is 4.72 Å². The van der Waals surface area contributed by atoms with Gasteiger partial charge in [0.2, 0.25) is 0 Å². The summed E-state index contributed by atoms with van der Waals surface area (Å²) in [5.74, 6) is -0.530. The van der Waals surface area contributed by atoms with E-state index >= 15 is 0 Å². The fraction of sp³-hybridized carbons (Fsp3) is 0.0588. The van der Waals surface area contributed by atoms with Gasteiger partial charge >= 0.3 is 0 Å². The fourth-order valence-corrected chi connectivity index (χ4v) is 4.24. The fourth-order valence-electron chi connectivity index (χ4n) is 2.39. The monoisotopic (exact) mass is 443 g/mol. The lowest BCUT2D eigenvalue weighted by atomic mass is 10.2. The smallest absolute Gasteiger partial charge is 0.285 e. The predicted molar refractivity (Wildman–Crippen MR) is 105 cm³/mol. The quantitative estimate of drug-likeness (QED) is 0.655. The van der Waals surface area contributed by atoms with Crippen LogP contribution in [0.3, 0.4) is 0 Å². The first-order chi connectivity index (χ1) is 12.7. The van der Waals surface area contributed by atoms with Crippen LogP contribution in [0, 0.1) is 0 Å². The molecule has 0 aliphatic rings. The van der Waals surface area contributed by atoms with E-state index < -0.39 is 15.9 Å². The third-order valence-electron chi connectivity index (χ3n) is 3.63. The lowest BCUT2D eigenvalue weighted by molar-refractivity contribution is 0.0977. The second-order valence-electron chi connectivity index (χ2n) is 5.55. The van der Waals surface area contributed by atoms with Crippen LogP contribution in [0.15, 0.2) is 53.6 Å². The van der Waals surface area contributed by atoms with Gasteiger partial charge in [-0.3, -0.25) is 4.79 Å². The third-order valence-corrected chi connectivity index (χ3v) is 6.03. The molecule has 1 aromatic heterocycles. The number of carbonyl (C=O) groups is 1. The number of aryl methyl sites for hydroxylation is 1. The van der Waals surface area contributed by atoms with E-state index in [4.69, 9.17) is 34.8 Å². The zero-order chi connectivity index (χ0) is 19.8. The number of carbonyl (C=O) groups excluding carboxylic acids is 1. The van der Waals surface area contributed by atoms with Gasteiger partial charge in [0.15, 0.2) is 0 Å². The average Bonchev–Trinajstić information content (AvgIpc) is 2.99. The Morgan fingerprint density at radius 1 is 1.07 bits per heavy atom. The van der Waals surface area contributed by atoms with Crippen molar-refractivity contribution in [2.24, 2.45) is 7.05 Å². The number of amides is 1. The van der Waals surface area contributed by atoms with Crippen molar-refractivity contribution in [3.63, 3.8) is 0 Å². The molecule has 27 heavy (non-hydrogen) atoms. The number of hydrogen-bond donors (Lipinski definition) is 1. The molecule has 0 atom stereocenters. The summed E-state index contributed by atoms with van der Waals surface area (Å²) in [6, 6.07) is 10.6. The molecule has 0 saturated carbocycles. The van der Waals surface area contributed by atoms with Crippen molar-refractivity contribution in [3.8, 4) is 11.4 Å². The number of hydrogen-bond acceptors (Lipinski definition) is 4. The van der Waals surface area contributed by atoms with E-state index in [1.165, 1.54) is 24.4 Å². The van der Waals surface area contributed by atoms with Crippen molar-refractivity contribution in [2.45, 2.75) is 4.90 Å². The average molecular weight is 445 g/mol. The van der Waals surface area contributed by atoms with Gasteiger partial charge < -0.3 is 4.57 Å². The van der Waals surface area contributed by atoms with E-state index in [-0.39, 0.29) is 15.6 Å². The van der Waals surface area contributed by atoms with Crippen LogP contribution in [-0.4, -0.2) is 23.9 Å². The van der Waals surface area contributed by atoms with Gasteiger partial charge in [-0.2, -0.15) is 0 Å². The van der Waals surface area contributed by atoms with Crippen molar-refractivity contribution in [1.29, 1.82) is 0 Å². The lowest BCUT2D eigenvalue weighted by Crippen LogP contribution is -2.31. The molecule has 10 heteroatoms.